The molecular weight excluding hydrogens is 302 g/mol. The molecule has 2 aromatic carbocycles. The van der Waals surface area contributed by atoms with Gasteiger partial charge in [-0.1, -0.05) is 41.9 Å². The molecule has 0 aromatic heterocycles. The zero-order chi connectivity index (χ0) is 16.1. The molecule has 0 heterocycles. The molecule has 0 saturated heterocycles. The number of aliphatic hydroxyl groups excluding tert-OH is 1. The average Bonchev–Trinajstić information content (AvgIpc) is 2.53. The van der Waals surface area contributed by atoms with Crippen LogP contribution in [0.1, 0.15) is 22.8 Å². The summed E-state index contributed by atoms with van der Waals surface area (Å²) in [4.78, 5) is 11.7. The van der Waals surface area contributed by atoms with Gasteiger partial charge in [0, 0.05) is 17.6 Å². The normalized spacial score (nSPS) is 11.8. The zero-order valence-electron chi connectivity index (χ0n) is 12.5. The highest BCUT2D eigenvalue weighted by atomic mass is 35.5. The number of carbonyl (C=O) groups is 1. The summed E-state index contributed by atoms with van der Waals surface area (Å²) in [7, 11) is 1.47. The first-order valence-electron chi connectivity index (χ1n) is 6.90. The Morgan fingerprint density at radius 2 is 2.00 bits per heavy atom. The van der Waals surface area contributed by atoms with E-state index in [1.807, 2.05) is 31.2 Å². The van der Waals surface area contributed by atoms with Crippen LogP contribution in [0.4, 0.5) is 0 Å². The van der Waals surface area contributed by atoms with Crippen LogP contribution >= 0.6 is 11.6 Å². The largest absolute Gasteiger partial charge is 0.489 e. The van der Waals surface area contributed by atoms with Crippen molar-refractivity contribution in [1.82, 2.24) is 5.32 Å². The molecule has 22 heavy (non-hydrogen) atoms. The summed E-state index contributed by atoms with van der Waals surface area (Å²) >= 11 is 6.20. The Hall–Kier alpha value is -2.04. The van der Waals surface area contributed by atoms with Gasteiger partial charge in [0.15, 0.2) is 6.10 Å². The van der Waals surface area contributed by atoms with Crippen molar-refractivity contribution in [3.05, 3.63) is 64.2 Å². The SMILES string of the molecule is CNC(=O)C(O)c1cccc(Cl)c1COc1ccccc1C. The topological polar surface area (TPSA) is 58.6 Å². The lowest BCUT2D eigenvalue weighted by atomic mass is 10.0. The lowest BCUT2D eigenvalue weighted by Crippen LogP contribution is -2.26. The quantitative estimate of drug-likeness (QED) is 0.890. The van der Waals surface area contributed by atoms with Gasteiger partial charge in [0.25, 0.3) is 5.91 Å². The number of halogens is 1. The van der Waals surface area contributed by atoms with Gasteiger partial charge < -0.3 is 15.2 Å². The van der Waals surface area contributed by atoms with E-state index in [2.05, 4.69) is 5.32 Å². The maximum Gasteiger partial charge on any atom is 0.253 e. The van der Waals surface area contributed by atoms with E-state index in [4.69, 9.17) is 16.3 Å². The highest BCUT2D eigenvalue weighted by Crippen LogP contribution is 2.27. The van der Waals surface area contributed by atoms with Crippen LogP contribution in [-0.2, 0) is 11.4 Å². The molecule has 0 bridgehead atoms. The summed E-state index contributed by atoms with van der Waals surface area (Å²) in [5.74, 6) is 0.252. The average molecular weight is 320 g/mol. The number of benzene rings is 2. The van der Waals surface area contributed by atoms with Crippen molar-refractivity contribution < 1.29 is 14.6 Å². The number of amides is 1. The van der Waals surface area contributed by atoms with Crippen molar-refractivity contribution in [3.8, 4) is 5.75 Å². The molecule has 1 amide bonds. The van der Waals surface area contributed by atoms with Crippen molar-refractivity contribution in [2.45, 2.75) is 19.6 Å². The van der Waals surface area contributed by atoms with Crippen LogP contribution in [0.15, 0.2) is 42.5 Å². The fraction of sp³-hybridized carbons (Fsp3) is 0.235. The van der Waals surface area contributed by atoms with Crippen LogP contribution < -0.4 is 10.1 Å². The smallest absolute Gasteiger partial charge is 0.253 e. The van der Waals surface area contributed by atoms with Crippen LogP contribution in [0.5, 0.6) is 5.75 Å². The van der Waals surface area contributed by atoms with Crippen LogP contribution in [0.3, 0.4) is 0 Å². The van der Waals surface area contributed by atoms with Gasteiger partial charge in [-0.05, 0) is 30.2 Å². The number of aryl methyl sites for hydroxylation is 1. The number of rotatable bonds is 5. The molecule has 1 atom stereocenters. The van der Waals surface area contributed by atoms with Gasteiger partial charge in [0.2, 0.25) is 0 Å². The van der Waals surface area contributed by atoms with Crippen molar-refractivity contribution in [1.29, 1.82) is 0 Å². The molecule has 116 valence electrons. The van der Waals surface area contributed by atoms with Gasteiger partial charge in [-0.2, -0.15) is 0 Å². The molecule has 2 N–H and O–H groups in total. The number of likely N-dealkylation sites (N-methyl/N-ethyl adjacent to an activating group) is 1. The van der Waals surface area contributed by atoms with Gasteiger partial charge in [0.1, 0.15) is 12.4 Å². The number of hydrogen-bond acceptors (Lipinski definition) is 3. The number of nitrogens with one attached hydrogen (secondary N) is 1. The van der Waals surface area contributed by atoms with E-state index in [9.17, 15) is 9.90 Å². The molecule has 0 saturated carbocycles. The Morgan fingerprint density at radius 1 is 1.27 bits per heavy atom. The maximum atomic E-state index is 11.7. The Morgan fingerprint density at radius 3 is 2.68 bits per heavy atom. The van der Waals surface area contributed by atoms with Crippen molar-refractivity contribution in [2.24, 2.45) is 0 Å². The lowest BCUT2D eigenvalue weighted by molar-refractivity contribution is -0.129. The molecule has 0 aliphatic carbocycles. The molecule has 4 nitrogen and oxygen atoms in total. The number of ether oxygens (including phenoxy) is 1. The second kappa shape index (κ2) is 7.29. The van der Waals surface area contributed by atoms with E-state index in [0.717, 1.165) is 11.3 Å². The Balaban J connectivity index is 2.27. The third-order valence-corrected chi connectivity index (χ3v) is 3.76. The molecule has 0 aliphatic heterocycles. The van der Waals surface area contributed by atoms with Gasteiger partial charge >= 0.3 is 0 Å². The van der Waals surface area contributed by atoms with Crippen molar-refractivity contribution >= 4 is 17.5 Å². The summed E-state index contributed by atoms with van der Waals surface area (Å²) in [6.45, 7) is 2.12. The van der Waals surface area contributed by atoms with Gasteiger partial charge in [-0.3, -0.25) is 4.79 Å². The first-order chi connectivity index (χ1) is 10.5. The van der Waals surface area contributed by atoms with Gasteiger partial charge in [0.05, 0.1) is 0 Å². The predicted molar refractivity (Wildman–Crippen MR) is 86.0 cm³/mol. The van der Waals surface area contributed by atoms with Gasteiger partial charge in [-0.15, -0.1) is 0 Å². The van der Waals surface area contributed by atoms with Crippen LogP contribution in [-0.4, -0.2) is 18.1 Å². The number of carbonyl (C=O) groups excluding carboxylic acids is 1. The Labute approximate surface area is 134 Å². The second-order valence-electron chi connectivity index (χ2n) is 4.88. The lowest BCUT2D eigenvalue weighted by Gasteiger charge is -2.17. The molecule has 0 radical (unpaired) electrons. The Kier molecular flexibility index (Phi) is 5.41. The minimum absolute atomic E-state index is 0.175. The molecule has 0 aliphatic rings. The molecule has 5 heteroatoms. The van der Waals surface area contributed by atoms with Crippen LogP contribution in [0.2, 0.25) is 5.02 Å². The number of para-hydroxylation sites is 1. The van der Waals surface area contributed by atoms with Crippen molar-refractivity contribution in [2.75, 3.05) is 7.05 Å². The molecular formula is C17H18ClNO3. The maximum absolute atomic E-state index is 11.7. The summed E-state index contributed by atoms with van der Waals surface area (Å²) in [5.41, 5.74) is 2.05. The van der Waals surface area contributed by atoms with E-state index in [0.29, 0.717) is 16.1 Å². The van der Waals surface area contributed by atoms with E-state index in [1.165, 1.54) is 7.05 Å². The third-order valence-electron chi connectivity index (χ3n) is 3.41. The summed E-state index contributed by atoms with van der Waals surface area (Å²) in [5, 5.41) is 13.0. The van der Waals surface area contributed by atoms with Crippen LogP contribution in [0, 0.1) is 6.92 Å². The molecule has 2 aromatic rings. The van der Waals surface area contributed by atoms with E-state index in [1.54, 1.807) is 18.2 Å². The molecule has 0 spiro atoms. The molecule has 0 fully saturated rings. The summed E-state index contributed by atoms with van der Waals surface area (Å²) in [6, 6.07) is 12.7. The molecule has 2 rings (SSSR count). The number of hydrogen-bond donors (Lipinski definition) is 2. The first-order valence-corrected chi connectivity index (χ1v) is 7.27. The minimum Gasteiger partial charge on any atom is -0.489 e. The fourth-order valence-corrected chi connectivity index (χ4v) is 2.37. The highest BCUT2D eigenvalue weighted by molar-refractivity contribution is 6.31. The standard InChI is InChI=1S/C17H18ClNO3/c1-11-6-3-4-9-15(11)22-10-13-12(7-5-8-14(13)18)16(20)17(21)19-2/h3-9,16,20H,10H2,1-2H3,(H,19,21). The first kappa shape index (κ1) is 16.3. The monoisotopic (exact) mass is 319 g/mol. The molecule has 1 unspecified atom stereocenters. The summed E-state index contributed by atoms with van der Waals surface area (Å²) in [6.07, 6.45) is -1.28. The minimum atomic E-state index is -1.28. The van der Waals surface area contributed by atoms with Crippen LogP contribution in [0.25, 0.3) is 0 Å². The van der Waals surface area contributed by atoms with E-state index >= 15 is 0 Å². The van der Waals surface area contributed by atoms with E-state index in [-0.39, 0.29) is 6.61 Å². The summed E-state index contributed by atoms with van der Waals surface area (Å²) < 4.78 is 5.78. The fourth-order valence-electron chi connectivity index (χ4n) is 2.13. The van der Waals surface area contributed by atoms with Crippen molar-refractivity contribution in [3.63, 3.8) is 0 Å². The predicted octanol–water partition coefficient (Wildman–Crippen LogP) is 3.01. The highest BCUT2D eigenvalue weighted by Gasteiger charge is 2.21. The van der Waals surface area contributed by atoms with Gasteiger partial charge in [-0.25, -0.2) is 0 Å². The second-order valence-corrected chi connectivity index (χ2v) is 5.29. The van der Waals surface area contributed by atoms with E-state index < -0.39 is 12.0 Å². The number of aliphatic hydroxyl groups is 1. The third kappa shape index (κ3) is 3.59. The Bertz CT molecular complexity index is 673. The zero-order valence-corrected chi connectivity index (χ0v) is 13.2.